The van der Waals surface area contributed by atoms with Crippen LogP contribution in [0.25, 0.3) is 0 Å². The molecular weight excluding hydrogens is 128 g/mol. The molecule has 0 aromatic rings. The van der Waals surface area contributed by atoms with Crippen molar-refractivity contribution < 1.29 is 9.90 Å². The molecule has 1 aliphatic carbocycles. The van der Waals surface area contributed by atoms with Gasteiger partial charge in [0, 0.05) is 0 Å². The molecule has 56 valence electrons. The van der Waals surface area contributed by atoms with Gasteiger partial charge in [-0.05, 0) is 12.0 Å². The van der Waals surface area contributed by atoms with Crippen molar-refractivity contribution in [2.24, 2.45) is 11.8 Å². The van der Waals surface area contributed by atoms with Gasteiger partial charge in [0.05, 0.1) is 12.0 Å². The van der Waals surface area contributed by atoms with E-state index in [1.807, 2.05) is 13.8 Å². The molecule has 0 aromatic carbocycles. The topological polar surface area (TPSA) is 37.3 Å². The van der Waals surface area contributed by atoms with Gasteiger partial charge >= 0.3 is 0 Å². The third-order valence-corrected chi connectivity index (χ3v) is 1.87. The molecule has 1 N–H and O–H groups in total. The van der Waals surface area contributed by atoms with Crippen LogP contribution in [0.1, 0.15) is 13.8 Å². The molecule has 0 aromatic heterocycles. The maximum Gasteiger partial charge on any atom is 0.161 e. The summed E-state index contributed by atoms with van der Waals surface area (Å²) in [6, 6.07) is 0. The van der Waals surface area contributed by atoms with Crippen LogP contribution in [-0.2, 0) is 4.79 Å². The first-order valence-electron chi connectivity index (χ1n) is 3.53. The van der Waals surface area contributed by atoms with E-state index in [2.05, 4.69) is 0 Å². The van der Waals surface area contributed by atoms with Crippen LogP contribution in [0.15, 0.2) is 12.2 Å². The maximum absolute atomic E-state index is 11.0. The molecule has 1 rings (SSSR count). The van der Waals surface area contributed by atoms with E-state index in [0.717, 1.165) is 0 Å². The molecule has 0 aliphatic heterocycles. The van der Waals surface area contributed by atoms with Crippen molar-refractivity contribution in [3.63, 3.8) is 0 Å². The molecule has 0 bridgehead atoms. The quantitative estimate of drug-likeness (QED) is 0.583. The lowest BCUT2D eigenvalue weighted by Crippen LogP contribution is -2.25. The molecule has 2 heteroatoms. The van der Waals surface area contributed by atoms with Crippen molar-refractivity contribution >= 4 is 5.78 Å². The number of carbonyl (C=O) groups excluding carboxylic acids is 1. The molecule has 2 nitrogen and oxygen atoms in total. The Hall–Kier alpha value is -0.630. The van der Waals surface area contributed by atoms with Crippen molar-refractivity contribution in [3.05, 3.63) is 12.2 Å². The number of aliphatic hydroxyl groups is 1. The molecule has 0 unspecified atom stereocenters. The third kappa shape index (κ3) is 1.12. The van der Waals surface area contributed by atoms with Crippen molar-refractivity contribution in [1.29, 1.82) is 0 Å². The summed E-state index contributed by atoms with van der Waals surface area (Å²) >= 11 is 0. The van der Waals surface area contributed by atoms with Crippen LogP contribution in [0.2, 0.25) is 0 Å². The average Bonchev–Trinajstić information content (AvgIpc) is 2.11. The summed E-state index contributed by atoms with van der Waals surface area (Å²) in [6.07, 6.45) is 2.48. The minimum Gasteiger partial charge on any atom is -0.388 e. The predicted molar refractivity (Wildman–Crippen MR) is 38.5 cm³/mol. The van der Waals surface area contributed by atoms with Crippen LogP contribution in [0.3, 0.4) is 0 Å². The Balaban J connectivity index is 2.69. The second kappa shape index (κ2) is 2.54. The molecule has 2 atom stereocenters. The molecule has 10 heavy (non-hydrogen) atoms. The van der Waals surface area contributed by atoms with E-state index in [4.69, 9.17) is 0 Å². The number of allylic oxidation sites excluding steroid dienone is 1. The van der Waals surface area contributed by atoms with Gasteiger partial charge in [-0.1, -0.05) is 19.9 Å². The number of hydrogen-bond donors (Lipinski definition) is 1. The highest BCUT2D eigenvalue weighted by Crippen LogP contribution is 2.22. The molecule has 0 radical (unpaired) electrons. The van der Waals surface area contributed by atoms with Crippen LogP contribution >= 0.6 is 0 Å². The van der Waals surface area contributed by atoms with Gasteiger partial charge in [0.25, 0.3) is 0 Å². The van der Waals surface area contributed by atoms with Crippen molar-refractivity contribution in [2.75, 3.05) is 0 Å². The van der Waals surface area contributed by atoms with E-state index in [-0.39, 0.29) is 17.6 Å². The summed E-state index contributed by atoms with van der Waals surface area (Å²) in [5, 5.41) is 9.22. The van der Waals surface area contributed by atoms with Gasteiger partial charge in [0.15, 0.2) is 5.78 Å². The van der Waals surface area contributed by atoms with Crippen molar-refractivity contribution in [3.8, 4) is 0 Å². The van der Waals surface area contributed by atoms with Gasteiger partial charge in [0.2, 0.25) is 0 Å². The number of hydrogen-bond acceptors (Lipinski definition) is 2. The second-order valence-electron chi connectivity index (χ2n) is 3.02. The summed E-state index contributed by atoms with van der Waals surface area (Å²) in [5.74, 6) is 0.0972. The molecule has 0 heterocycles. The Morgan fingerprint density at radius 3 is 2.40 bits per heavy atom. The Kier molecular flexibility index (Phi) is 1.90. The van der Waals surface area contributed by atoms with Crippen LogP contribution in [0, 0.1) is 11.8 Å². The minimum absolute atomic E-state index is 0.0579. The second-order valence-corrected chi connectivity index (χ2v) is 3.02. The normalized spacial score (nSPS) is 32.2. The molecule has 0 fully saturated rings. The maximum atomic E-state index is 11.0. The predicted octanol–water partition coefficient (Wildman–Crippen LogP) is 0.758. The van der Waals surface area contributed by atoms with E-state index in [0.29, 0.717) is 0 Å². The summed E-state index contributed by atoms with van der Waals surface area (Å²) in [7, 11) is 0. The largest absolute Gasteiger partial charge is 0.388 e. The Morgan fingerprint density at radius 1 is 1.60 bits per heavy atom. The fourth-order valence-corrected chi connectivity index (χ4v) is 1.32. The van der Waals surface area contributed by atoms with E-state index >= 15 is 0 Å². The minimum atomic E-state index is -0.549. The van der Waals surface area contributed by atoms with E-state index in [1.54, 1.807) is 6.08 Å². The fraction of sp³-hybridized carbons (Fsp3) is 0.625. The highest BCUT2D eigenvalue weighted by Gasteiger charge is 2.30. The van der Waals surface area contributed by atoms with Crippen LogP contribution in [0.5, 0.6) is 0 Å². The average molecular weight is 140 g/mol. The highest BCUT2D eigenvalue weighted by molar-refractivity contribution is 5.95. The van der Waals surface area contributed by atoms with Crippen molar-refractivity contribution in [1.82, 2.24) is 0 Å². The standard InChI is InChI=1S/C8H12O2/c1-5(2)8-6(9)3-4-7(8)10/h3-6,8-9H,1-2H3/t6-,8-/m1/s1. The van der Waals surface area contributed by atoms with Gasteiger partial charge in [0.1, 0.15) is 0 Å². The first kappa shape index (κ1) is 7.48. The Bertz CT molecular complexity index is 170. The van der Waals surface area contributed by atoms with Crippen LogP contribution in [-0.4, -0.2) is 17.0 Å². The zero-order valence-electron chi connectivity index (χ0n) is 6.24. The van der Waals surface area contributed by atoms with Gasteiger partial charge in [-0.15, -0.1) is 0 Å². The Morgan fingerprint density at radius 2 is 2.20 bits per heavy atom. The van der Waals surface area contributed by atoms with E-state index in [9.17, 15) is 9.90 Å². The molecule has 1 aliphatic rings. The smallest absolute Gasteiger partial charge is 0.161 e. The highest BCUT2D eigenvalue weighted by atomic mass is 16.3. The number of carbonyl (C=O) groups is 1. The zero-order chi connectivity index (χ0) is 7.72. The summed E-state index contributed by atoms with van der Waals surface area (Å²) in [4.78, 5) is 11.0. The lowest BCUT2D eigenvalue weighted by Gasteiger charge is -2.16. The SMILES string of the molecule is CC(C)[C@H]1C(=O)C=C[C@H]1O. The number of rotatable bonds is 1. The molecule has 0 saturated carbocycles. The van der Waals surface area contributed by atoms with Gasteiger partial charge in [-0.25, -0.2) is 0 Å². The fourth-order valence-electron chi connectivity index (χ4n) is 1.32. The monoisotopic (exact) mass is 140 g/mol. The van der Waals surface area contributed by atoms with Gasteiger partial charge < -0.3 is 5.11 Å². The van der Waals surface area contributed by atoms with E-state index < -0.39 is 6.10 Å². The first-order chi connectivity index (χ1) is 4.63. The molecule has 0 amide bonds. The van der Waals surface area contributed by atoms with Crippen LogP contribution in [0.4, 0.5) is 0 Å². The molecule has 0 spiro atoms. The van der Waals surface area contributed by atoms with Crippen LogP contribution < -0.4 is 0 Å². The van der Waals surface area contributed by atoms with Gasteiger partial charge in [-0.3, -0.25) is 4.79 Å². The summed E-state index contributed by atoms with van der Waals surface area (Å²) in [6.45, 7) is 3.89. The lowest BCUT2D eigenvalue weighted by atomic mass is 9.91. The van der Waals surface area contributed by atoms with Gasteiger partial charge in [-0.2, -0.15) is 0 Å². The summed E-state index contributed by atoms with van der Waals surface area (Å²) < 4.78 is 0. The van der Waals surface area contributed by atoms with Crippen molar-refractivity contribution in [2.45, 2.75) is 20.0 Å². The lowest BCUT2D eigenvalue weighted by molar-refractivity contribution is -0.120. The van der Waals surface area contributed by atoms with E-state index in [1.165, 1.54) is 6.08 Å². The Labute approximate surface area is 60.6 Å². The summed E-state index contributed by atoms with van der Waals surface area (Å²) in [5.41, 5.74) is 0. The molecule has 0 saturated heterocycles. The zero-order valence-corrected chi connectivity index (χ0v) is 6.24. The third-order valence-electron chi connectivity index (χ3n) is 1.87. The number of aliphatic hydroxyl groups excluding tert-OH is 1. The molecular formula is C8H12O2. The number of ketones is 1. The first-order valence-corrected chi connectivity index (χ1v) is 3.53.